The molecule has 4 rings (SSSR count). The van der Waals surface area contributed by atoms with Gasteiger partial charge in [0.15, 0.2) is 0 Å². The Labute approximate surface area is 187 Å². The molecule has 8 heteroatoms. The first-order valence-corrected chi connectivity index (χ1v) is 10.9. The zero-order valence-electron chi connectivity index (χ0n) is 17.8. The zero-order valence-corrected chi connectivity index (χ0v) is 18.5. The van der Waals surface area contributed by atoms with E-state index in [0.717, 1.165) is 42.0 Å². The highest BCUT2D eigenvalue weighted by Gasteiger charge is 2.23. The molecule has 2 heterocycles. The van der Waals surface area contributed by atoms with Crippen molar-refractivity contribution in [2.45, 2.75) is 26.8 Å². The summed E-state index contributed by atoms with van der Waals surface area (Å²) in [5, 5.41) is 11.9. The second kappa shape index (κ2) is 9.49. The number of amides is 1. The highest BCUT2D eigenvalue weighted by molar-refractivity contribution is 6.31. The third-order valence-electron chi connectivity index (χ3n) is 5.57. The molecule has 7 nitrogen and oxygen atoms in total. The first kappa shape index (κ1) is 21.3. The van der Waals surface area contributed by atoms with E-state index >= 15 is 0 Å². The first-order chi connectivity index (χ1) is 15.0. The molecule has 1 fully saturated rings. The molecule has 1 N–H and O–H groups in total. The van der Waals surface area contributed by atoms with E-state index in [4.69, 9.17) is 16.0 Å². The molecule has 2 aromatic carbocycles. The van der Waals surface area contributed by atoms with Crippen LogP contribution in [0.3, 0.4) is 0 Å². The largest absolute Gasteiger partial charge is 0.408 e. The summed E-state index contributed by atoms with van der Waals surface area (Å²) in [6, 6.07) is 13.7. The fraction of sp³-hybridized carbons (Fsp3) is 0.348. The van der Waals surface area contributed by atoms with Gasteiger partial charge in [-0.05, 0) is 42.3 Å². The van der Waals surface area contributed by atoms with Gasteiger partial charge in [-0.3, -0.25) is 9.69 Å². The Morgan fingerprint density at radius 2 is 1.87 bits per heavy atom. The molecule has 31 heavy (non-hydrogen) atoms. The summed E-state index contributed by atoms with van der Waals surface area (Å²) in [5.74, 6) is 0.682. The summed E-state index contributed by atoms with van der Waals surface area (Å²) in [6.45, 7) is 7.83. The SMILES string of the molecule is CCc1nnc(Nc2cc(Cl)cc(CN3CCN(C(=O)c4ccccc4)CC3)c2C)o1. The second-order valence-corrected chi connectivity index (χ2v) is 8.09. The molecule has 0 spiro atoms. The number of carbonyl (C=O) groups excluding carboxylic acids is 1. The molecule has 0 atom stereocenters. The summed E-state index contributed by atoms with van der Waals surface area (Å²) in [7, 11) is 0. The van der Waals surface area contributed by atoms with Crippen LogP contribution in [0.25, 0.3) is 0 Å². The van der Waals surface area contributed by atoms with Crippen LogP contribution in [0.1, 0.15) is 34.3 Å². The monoisotopic (exact) mass is 439 g/mol. The van der Waals surface area contributed by atoms with Gasteiger partial charge in [0.2, 0.25) is 5.89 Å². The van der Waals surface area contributed by atoms with Gasteiger partial charge in [0.05, 0.1) is 0 Å². The average molecular weight is 440 g/mol. The van der Waals surface area contributed by atoms with Crippen molar-refractivity contribution < 1.29 is 9.21 Å². The van der Waals surface area contributed by atoms with Gasteiger partial charge >= 0.3 is 6.01 Å². The lowest BCUT2D eigenvalue weighted by molar-refractivity contribution is 0.0628. The third kappa shape index (κ3) is 5.06. The van der Waals surface area contributed by atoms with Gasteiger partial charge in [0.1, 0.15) is 0 Å². The summed E-state index contributed by atoms with van der Waals surface area (Å²) >= 11 is 6.39. The van der Waals surface area contributed by atoms with Gasteiger partial charge < -0.3 is 14.6 Å². The molecule has 1 aromatic heterocycles. The maximum absolute atomic E-state index is 12.7. The van der Waals surface area contributed by atoms with Gasteiger partial charge in [-0.2, -0.15) is 0 Å². The lowest BCUT2D eigenvalue weighted by atomic mass is 10.1. The molecule has 0 unspecified atom stereocenters. The zero-order chi connectivity index (χ0) is 21.8. The van der Waals surface area contributed by atoms with Crippen molar-refractivity contribution in [2.24, 2.45) is 0 Å². The Kier molecular flexibility index (Phi) is 6.53. The number of hydrogen-bond donors (Lipinski definition) is 1. The van der Waals surface area contributed by atoms with Crippen molar-refractivity contribution in [2.75, 3.05) is 31.5 Å². The Morgan fingerprint density at radius 3 is 2.55 bits per heavy atom. The fourth-order valence-electron chi connectivity index (χ4n) is 3.71. The number of halogens is 1. The molecular formula is C23H26ClN5O2. The summed E-state index contributed by atoms with van der Waals surface area (Å²) in [5.41, 5.74) is 3.81. The number of piperazine rings is 1. The average Bonchev–Trinajstić information content (AvgIpc) is 3.25. The lowest BCUT2D eigenvalue weighted by Gasteiger charge is -2.35. The van der Waals surface area contributed by atoms with Crippen molar-refractivity contribution in [1.29, 1.82) is 0 Å². The fourth-order valence-corrected chi connectivity index (χ4v) is 3.95. The molecule has 1 aliphatic heterocycles. The number of nitrogens with zero attached hydrogens (tertiary/aromatic N) is 4. The van der Waals surface area contributed by atoms with Crippen LogP contribution in [0, 0.1) is 6.92 Å². The van der Waals surface area contributed by atoms with E-state index in [1.54, 1.807) is 0 Å². The van der Waals surface area contributed by atoms with E-state index in [9.17, 15) is 4.79 Å². The number of aromatic nitrogens is 2. The maximum Gasteiger partial charge on any atom is 0.320 e. The summed E-state index contributed by atoms with van der Waals surface area (Å²) in [6.07, 6.45) is 0.688. The first-order valence-electron chi connectivity index (χ1n) is 10.5. The predicted octanol–water partition coefficient (Wildman–Crippen LogP) is 4.30. The van der Waals surface area contributed by atoms with Gasteiger partial charge in [-0.15, -0.1) is 5.10 Å². The van der Waals surface area contributed by atoms with Crippen molar-refractivity contribution in [3.8, 4) is 0 Å². The number of aryl methyl sites for hydroxylation is 1. The minimum atomic E-state index is 0.0941. The molecule has 162 valence electrons. The Balaban J connectivity index is 1.40. The van der Waals surface area contributed by atoms with Crippen LogP contribution in [0.15, 0.2) is 46.9 Å². The number of carbonyl (C=O) groups is 1. The van der Waals surface area contributed by atoms with Crippen molar-refractivity contribution in [3.63, 3.8) is 0 Å². The summed E-state index contributed by atoms with van der Waals surface area (Å²) < 4.78 is 5.57. The lowest BCUT2D eigenvalue weighted by Crippen LogP contribution is -2.48. The Hall–Kier alpha value is -2.90. The topological polar surface area (TPSA) is 74.5 Å². The molecule has 1 saturated heterocycles. The van der Waals surface area contributed by atoms with Crippen LogP contribution in [-0.2, 0) is 13.0 Å². The third-order valence-corrected chi connectivity index (χ3v) is 5.78. The maximum atomic E-state index is 12.7. The minimum Gasteiger partial charge on any atom is -0.408 e. The smallest absolute Gasteiger partial charge is 0.320 e. The van der Waals surface area contributed by atoms with E-state index in [0.29, 0.717) is 36.4 Å². The molecule has 1 aliphatic rings. The number of rotatable bonds is 6. The molecule has 3 aromatic rings. The van der Waals surface area contributed by atoms with Crippen LogP contribution < -0.4 is 5.32 Å². The van der Waals surface area contributed by atoms with E-state index in [2.05, 4.69) is 27.3 Å². The highest BCUT2D eigenvalue weighted by Crippen LogP contribution is 2.28. The number of anilines is 2. The van der Waals surface area contributed by atoms with Crippen molar-refractivity contribution in [3.05, 3.63) is 70.1 Å². The Morgan fingerprint density at radius 1 is 1.13 bits per heavy atom. The standard InChI is InChI=1S/C23H26ClN5O2/c1-3-21-26-27-23(31-21)25-20-14-19(24)13-18(16(20)2)15-28-9-11-29(12-10-28)22(30)17-7-5-4-6-8-17/h4-8,13-14H,3,9-12,15H2,1-2H3,(H,25,27). The molecular weight excluding hydrogens is 414 g/mol. The normalized spacial score (nSPS) is 14.6. The van der Waals surface area contributed by atoms with Crippen molar-refractivity contribution >= 4 is 29.2 Å². The predicted molar refractivity (Wildman–Crippen MR) is 121 cm³/mol. The summed E-state index contributed by atoms with van der Waals surface area (Å²) in [4.78, 5) is 16.9. The van der Waals surface area contributed by atoms with Gasteiger partial charge in [-0.25, -0.2) is 0 Å². The molecule has 0 aliphatic carbocycles. The number of benzene rings is 2. The van der Waals surface area contributed by atoms with Gasteiger partial charge in [0, 0.05) is 55.4 Å². The van der Waals surface area contributed by atoms with E-state index in [1.807, 2.05) is 54.3 Å². The van der Waals surface area contributed by atoms with E-state index in [1.165, 1.54) is 0 Å². The van der Waals surface area contributed by atoms with Crippen LogP contribution in [0.4, 0.5) is 11.7 Å². The highest BCUT2D eigenvalue weighted by atomic mass is 35.5. The number of hydrogen-bond acceptors (Lipinski definition) is 6. The number of nitrogens with one attached hydrogen (secondary N) is 1. The van der Waals surface area contributed by atoms with Crippen LogP contribution in [-0.4, -0.2) is 52.1 Å². The van der Waals surface area contributed by atoms with E-state index in [-0.39, 0.29) is 5.91 Å². The molecule has 0 bridgehead atoms. The van der Waals surface area contributed by atoms with Crippen LogP contribution in [0.5, 0.6) is 0 Å². The Bertz CT molecular complexity index is 1050. The van der Waals surface area contributed by atoms with Crippen LogP contribution >= 0.6 is 11.6 Å². The van der Waals surface area contributed by atoms with Crippen molar-refractivity contribution in [1.82, 2.24) is 20.0 Å². The molecule has 1 amide bonds. The van der Waals surface area contributed by atoms with Gasteiger partial charge in [-0.1, -0.05) is 41.8 Å². The van der Waals surface area contributed by atoms with Crippen LogP contribution in [0.2, 0.25) is 5.02 Å². The quantitative estimate of drug-likeness (QED) is 0.617. The van der Waals surface area contributed by atoms with Gasteiger partial charge in [0.25, 0.3) is 5.91 Å². The minimum absolute atomic E-state index is 0.0941. The molecule has 0 saturated carbocycles. The molecule has 0 radical (unpaired) electrons. The second-order valence-electron chi connectivity index (χ2n) is 7.65. The van der Waals surface area contributed by atoms with E-state index < -0.39 is 0 Å².